The number of hydrogen-bond donors (Lipinski definition) is 0. The Morgan fingerprint density at radius 3 is 1.59 bits per heavy atom. The van der Waals surface area contributed by atoms with Gasteiger partial charge in [0.25, 0.3) is 0 Å². The summed E-state index contributed by atoms with van der Waals surface area (Å²) in [5.74, 6) is -0.0235. The third kappa shape index (κ3) is 4.57. The van der Waals surface area contributed by atoms with Gasteiger partial charge in [0, 0.05) is 52.1 Å². The average molecular weight is 475 g/mol. The van der Waals surface area contributed by atoms with Crippen LogP contribution in [-0.2, 0) is 4.79 Å². The smallest absolute Gasteiger partial charge is 0.320 e. The molecule has 6 heteroatoms. The molecule has 1 aliphatic rings. The second-order valence-corrected chi connectivity index (χ2v) is 8.69. The van der Waals surface area contributed by atoms with Crippen molar-refractivity contribution in [3.8, 4) is 0 Å². The van der Waals surface area contributed by atoms with E-state index in [1.807, 2.05) is 77.2 Å². The Morgan fingerprint density at radius 1 is 0.735 bits per heavy atom. The minimum absolute atomic E-state index is 0. The monoisotopic (exact) mass is 474 g/mol. The molecule has 1 aliphatic heterocycles. The molecule has 0 atom stereocenters. The van der Waals surface area contributed by atoms with E-state index in [0.29, 0.717) is 0 Å². The number of nitrogens with zero attached hydrogens (tertiary/aromatic N) is 4. The molecule has 34 heavy (non-hydrogen) atoms. The number of hydrogen-bond acceptors (Lipinski definition) is 3. The van der Waals surface area contributed by atoms with Crippen molar-refractivity contribution in [2.45, 2.75) is 6.92 Å². The molecule has 3 aromatic carbocycles. The molecule has 1 heterocycles. The zero-order valence-electron chi connectivity index (χ0n) is 20.6. The molecule has 1 amide bonds. The maximum absolute atomic E-state index is 13.9. The molecule has 0 radical (unpaired) electrons. The Bertz CT molecular complexity index is 1170. The average Bonchev–Trinajstić information content (AvgIpc) is 3.04. The van der Waals surface area contributed by atoms with E-state index in [-0.39, 0.29) is 18.3 Å². The molecule has 0 spiro atoms. The van der Waals surface area contributed by atoms with Crippen molar-refractivity contribution >= 4 is 34.3 Å². The van der Waals surface area contributed by atoms with Gasteiger partial charge in [-0.3, -0.25) is 4.79 Å². The minimum atomic E-state index is -0.0235. The summed E-state index contributed by atoms with van der Waals surface area (Å²) in [6.45, 7) is 2.01. The second kappa shape index (κ2) is 10.1. The van der Waals surface area contributed by atoms with Crippen molar-refractivity contribution in [3.05, 3.63) is 95.6 Å². The van der Waals surface area contributed by atoms with Crippen molar-refractivity contribution in [2.24, 2.45) is 0 Å². The summed E-state index contributed by atoms with van der Waals surface area (Å²) in [6.07, 6.45) is 0. The Balaban J connectivity index is 0.00000324. The summed E-state index contributed by atoms with van der Waals surface area (Å²) < 4.78 is 1.94. The van der Waals surface area contributed by atoms with Crippen LogP contribution in [0.4, 0.5) is 17.1 Å². The molecule has 0 unspecified atom stereocenters. The molecule has 5 nitrogen and oxygen atoms in total. The van der Waals surface area contributed by atoms with Crippen molar-refractivity contribution in [1.29, 1.82) is 0 Å². The molecular formula is C28H31ClN4O. The fraction of sp³-hybridized carbons (Fsp3) is 0.214. The quantitative estimate of drug-likeness (QED) is 0.416. The lowest BCUT2D eigenvalue weighted by atomic mass is 9.90. The van der Waals surface area contributed by atoms with E-state index in [4.69, 9.17) is 0 Å². The van der Waals surface area contributed by atoms with Crippen molar-refractivity contribution < 1.29 is 21.9 Å². The van der Waals surface area contributed by atoms with Gasteiger partial charge in [-0.15, -0.1) is 4.68 Å². The van der Waals surface area contributed by atoms with Gasteiger partial charge in [-0.05, 0) is 47.5 Å². The molecule has 0 aromatic heterocycles. The Morgan fingerprint density at radius 2 is 1.18 bits per heavy atom. The molecule has 0 saturated carbocycles. The topological polar surface area (TPSA) is 29.8 Å². The van der Waals surface area contributed by atoms with Gasteiger partial charge in [0.1, 0.15) is 11.3 Å². The van der Waals surface area contributed by atoms with E-state index in [1.165, 1.54) is 0 Å². The maximum atomic E-state index is 13.9. The molecule has 4 rings (SSSR count). The number of anilines is 3. The zero-order chi connectivity index (χ0) is 23.7. The fourth-order valence-corrected chi connectivity index (χ4v) is 4.16. The largest absolute Gasteiger partial charge is 1.00 e. The normalized spacial score (nSPS) is 13.2. The summed E-state index contributed by atoms with van der Waals surface area (Å²) in [7, 11) is 10.0. The van der Waals surface area contributed by atoms with E-state index in [9.17, 15) is 4.79 Å². The van der Waals surface area contributed by atoms with Crippen LogP contribution < -0.4 is 27.2 Å². The predicted molar refractivity (Wildman–Crippen MR) is 138 cm³/mol. The number of rotatable bonds is 5. The van der Waals surface area contributed by atoms with Crippen LogP contribution in [0.2, 0.25) is 0 Å². The van der Waals surface area contributed by atoms with E-state index in [0.717, 1.165) is 45.0 Å². The first-order chi connectivity index (χ1) is 15.8. The highest BCUT2D eigenvalue weighted by atomic mass is 35.5. The van der Waals surface area contributed by atoms with Gasteiger partial charge < -0.3 is 22.2 Å². The third-order valence-electron chi connectivity index (χ3n) is 6.15. The van der Waals surface area contributed by atoms with Gasteiger partial charge in [0.2, 0.25) is 5.71 Å². The number of para-hydroxylation sites is 1. The van der Waals surface area contributed by atoms with Gasteiger partial charge in [0.05, 0.1) is 0 Å². The zero-order valence-corrected chi connectivity index (χ0v) is 21.3. The molecular weight excluding hydrogens is 444 g/mol. The highest BCUT2D eigenvalue weighted by Crippen LogP contribution is 2.34. The molecule has 0 saturated heterocycles. The SMILES string of the molecule is CC1=[N+](C)N(c2ccccc2)C(=O)C1=C(c1ccc(N(C)C)cc1)c1ccc(N(C)C)cc1.[Cl-]. The third-order valence-corrected chi connectivity index (χ3v) is 6.15. The van der Waals surface area contributed by atoms with Crippen LogP contribution in [0.25, 0.3) is 5.57 Å². The standard InChI is InChI=1S/C28H31N4O.ClH/c1-20-26(28(33)32(31(20)6)25-10-8-7-9-11-25)27(21-12-16-23(17-13-21)29(2)3)22-14-18-24(19-15-22)30(4)5;/h7-19H,1-6H3;1H/q+1;/p-1. The van der Waals surface area contributed by atoms with Gasteiger partial charge >= 0.3 is 5.91 Å². The number of hydrazone groups is 1. The lowest BCUT2D eigenvalue weighted by Gasteiger charge is -2.17. The molecule has 3 aromatic rings. The van der Waals surface area contributed by atoms with Crippen LogP contribution in [-0.4, -0.2) is 51.5 Å². The number of benzene rings is 3. The Hall–Kier alpha value is -3.57. The summed E-state index contributed by atoms with van der Waals surface area (Å²) >= 11 is 0. The van der Waals surface area contributed by atoms with Crippen LogP contribution in [0.3, 0.4) is 0 Å². The van der Waals surface area contributed by atoms with E-state index >= 15 is 0 Å². The van der Waals surface area contributed by atoms with Gasteiger partial charge in [-0.25, -0.2) is 0 Å². The minimum Gasteiger partial charge on any atom is -1.00 e. The number of hydrazine groups is 1. The lowest BCUT2D eigenvalue weighted by molar-refractivity contribution is -0.495. The maximum Gasteiger partial charge on any atom is 0.320 e. The highest BCUT2D eigenvalue weighted by molar-refractivity contribution is 6.31. The number of halogens is 1. The second-order valence-electron chi connectivity index (χ2n) is 8.69. The van der Waals surface area contributed by atoms with E-state index in [2.05, 4.69) is 58.3 Å². The first-order valence-electron chi connectivity index (χ1n) is 11.1. The van der Waals surface area contributed by atoms with Gasteiger partial charge in [-0.2, -0.15) is 0 Å². The number of carbonyl (C=O) groups is 1. The summed E-state index contributed by atoms with van der Waals surface area (Å²) in [4.78, 5) is 18.0. The molecule has 0 bridgehead atoms. The predicted octanol–water partition coefficient (Wildman–Crippen LogP) is 1.69. The van der Waals surface area contributed by atoms with E-state index in [1.54, 1.807) is 5.01 Å². The molecule has 0 N–H and O–H groups in total. The van der Waals surface area contributed by atoms with Crippen LogP contribution in [0.1, 0.15) is 18.1 Å². The lowest BCUT2D eigenvalue weighted by Crippen LogP contribution is -3.00. The van der Waals surface area contributed by atoms with E-state index < -0.39 is 0 Å². The highest BCUT2D eigenvalue weighted by Gasteiger charge is 2.42. The number of amides is 1. The summed E-state index contributed by atoms with van der Waals surface area (Å²) in [5, 5.41) is 1.74. The van der Waals surface area contributed by atoms with Crippen LogP contribution in [0.15, 0.2) is 84.4 Å². The summed E-state index contributed by atoms with van der Waals surface area (Å²) in [6, 6.07) is 26.6. The summed E-state index contributed by atoms with van der Waals surface area (Å²) in [5.41, 5.74) is 7.71. The van der Waals surface area contributed by atoms with Crippen LogP contribution >= 0.6 is 0 Å². The van der Waals surface area contributed by atoms with Crippen LogP contribution in [0, 0.1) is 0 Å². The molecule has 0 aliphatic carbocycles. The van der Waals surface area contributed by atoms with Crippen molar-refractivity contribution in [2.75, 3.05) is 50.0 Å². The van der Waals surface area contributed by atoms with Gasteiger partial charge in [-0.1, -0.05) is 47.5 Å². The van der Waals surface area contributed by atoms with Gasteiger partial charge in [0.15, 0.2) is 7.05 Å². The van der Waals surface area contributed by atoms with Crippen molar-refractivity contribution in [3.63, 3.8) is 0 Å². The van der Waals surface area contributed by atoms with Crippen LogP contribution in [0.5, 0.6) is 0 Å². The molecule has 0 fully saturated rings. The Labute approximate surface area is 208 Å². The molecule has 176 valence electrons. The van der Waals surface area contributed by atoms with Crippen molar-refractivity contribution in [1.82, 2.24) is 0 Å². The fourth-order valence-electron chi connectivity index (χ4n) is 4.16. The Kier molecular flexibility index (Phi) is 7.48. The number of carbonyl (C=O) groups excluding carboxylic acids is 1. The first kappa shape index (κ1) is 25.1. The first-order valence-corrected chi connectivity index (χ1v) is 11.1.